The highest BCUT2D eigenvalue weighted by atomic mass is 16.5. The number of hydrogen-bond acceptors (Lipinski definition) is 6. The number of hydrogen-bond donors (Lipinski definition) is 3. The molecule has 0 atom stereocenters. The van der Waals surface area contributed by atoms with Crippen molar-refractivity contribution in [2.24, 2.45) is 0 Å². The molecule has 1 heterocycles. The van der Waals surface area contributed by atoms with E-state index in [1.807, 2.05) is 30.3 Å². The molecule has 0 saturated heterocycles. The molecule has 8 heteroatoms. The number of pyridine rings is 1. The van der Waals surface area contributed by atoms with Gasteiger partial charge in [0.15, 0.2) is 0 Å². The topological polar surface area (TPSA) is 109 Å². The van der Waals surface area contributed by atoms with E-state index in [1.54, 1.807) is 25.2 Å². The maximum Gasteiger partial charge on any atom is 0.307 e. The van der Waals surface area contributed by atoms with Crippen LogP contribution in [-0.4, -0.2) is 43.5 Å². The number of fused-ring (bicyclic) bond motifs is 1. The van der Waals surface area contributed by atoms with Gasteiger partial charge in [0.2, 0.25) is 0 Å². The zero-order valence-electron chi connectivity index (χ0n) is 16.7. The molecule has 0 bridgehead atoms. The van der Waals surface area contributed by atoms with Crippen LogP contribution in [0.4, 0.5) is 11.4 Å². The van der Waals surface area contributed by atoms with Crippen LogP contribution in [-0.2, 0) is 9.53 Å². The molecule has 0 spiro atoms. The molecule has 0 aliphatic carbocycles. The number of carbonyl (C=O) groups is 3. The van der Waals surface area contributed by atoms with Gasteiger partial charge in [-0.2, -0.15) is 0 Å². The molecule has 3 aromatic rings. The van der Waals surface area contributed by atoms with Gasteiger partial charge in [0, 0.05) is 36.4 Å². The Morgan fingerprint density at radius 2 is 1.80 bits per heavy atom. The van der Waals surface area contributed by atoms with Crippen molar-refractivity contribution in [2.75, 3.05) is 26.0 Å². The third-order valence-corrected chi connectivity index (χ3v) is 4.49. The van der Waals surface area contributed by atoms with Gasteiger partial charge >= 0.3 is 5.97 Å². The molecule has 0 aliphatic rings. The van der Waals surface area contributed by atoms with E-state index in [0.717, 1.165) is 5.69 Å². The number of anilines is 2. The van der Waals surface area contributed by atoms with E-state index in [0.29, 0.717) is 27.7 Å². The number of esters is 1. The number of ether oxygens (including phenoxy) is 1. The maximum atomic E-state index is 12.5. The monoisotopic (exact) mass is 406 g/mol. The van der Waals surface area contributed by atoms with E-state index in [1.165, 1.54) is 13.3 Å². The van der Waals surface area contributed by atoms with E-state index in [-0.39, 0.29) is 24.8 Å². The molecule has 0 aliphatic heterocycles. The zero-order chi connectivity index (χ0) is 21.5. The van der Waals surface area contributed by atoms with Gasteiger partial charge in [-0.3, -0.25) is 19.4 Å². The van der Waals surface area contributed by atoms with Crippen LogP contribution in [0, 0.1) is 0 Å². The second-order valence-electron chi connectivity index (χ2n) is 6.43. The molecular weight excluding hydrogens is 384 g/mol. The Morgan fingerprint density at radius 3 is 2.50 bits per heavy atom. The summed E-state index contributed by atoms with van der Waals surface area (Å²) in [5.74, 6) is -1.03. The van der Waals surface area contributed by atoms with Gasteiger partial charge in [-0.05, 0) is 30.3 Å². The van der Waals surface area contributed by atoms with E-state index in [9.17, 15) is 14.4 Å². The Morgan fingerprint density at radius 1 is 1.03 bits per heavy atom. The third-order valence-electron chi connectivity index (χ3n) is 4.49. The summed E-state index contributed by atoms with van der Waals surface area (Å²) < 4.78 is 4.57. The SMILES string of the molecule is CNC(=O)c1cnc2ccc(C(=O)NCCC(=O)OC)cc2c1Nc1ccccc1. The van der Waals surface area contributed by atoms with Crippen LogP contribution in [0.25, 0.3) is 10.9 Å². The predicted molar refractivity (Wildman–Crippen MR) is 114 cm³/mol. The second-order valence-corrected chi connectivity index (χ2v) is 6.43. The van der Waals surface area contributed by atoms with E-state index in [4.69, 9.17) is 0 Å². The Labute approximate surface area is 173 Å². The van der Waals surface area contributed by atoms with Crippen LogP contribution < -0.4 is 16.0 Å². The fourth-order valence-electron chi connectivity index (χ4n) is 2.92. The molecule has 1 aromatic heterocycles. The van der Waals surface area contributed by atoms with Gasteiger partial charge in [-0.1, -0.05) is 18.2 Å². The molecule has 0 saturated carbocycles. The summed E-state index contributed by atoms with van der Waals surface area (Å²) in [6.45, 7) is 0.162. The third kappa shape index (κ3) is 4.72. The first-order valence-electron chi connectivity index (χ1n) is 9.35. The summed E-state index contributed by atoms with van der Waals surface area (Å²) in [6, 6.07) is 14.5. The van der Waals surface area contributed by atoms with Gasteiger partial charge in [0.05, 0.1) is 30.3 Å². The summed E-state index contributed by atoms with van der Waals surface area (Å²) in [5, 5.41) is 9.19. The Kier molecular flexibility index (Phi) is 6.59. The summed E-state index contributed by atoms with van der Waals surface area (Å²) in [5.41, 5.74) is 2.72. The second kappa shape index (κ2) is 9.51. The van der Waals surface area contributed by atoms with Gasteiger partial charge < -0.3 is 20.7 Å². The van der Waals surface area contributed by atoms with Crippen LogP contribution in [0.5, 0.6) is 0 Å². The smallest absolute Gasteiger partial charge is 0.307 e. The Hall–Kier alpha value is -3.94. The molecule has 0 radical (unpaired) electrons. The van der Waals surface area contributed by atoms with E-state index in [2.05, 4.69) is 25.7 Å². The Balaban J connectivity index is 1.99. The van der Waals surface area contributed by atoms with Crippen molar-refractivity contribution in [3.63, 3.8) is 0 Å². The number of nitrogens with one attached hydrogen (secondary N) is 3. The predicted octanol–water partition coefficient (Wildman–Crippen LogP) is 2.63. The van der Waals surface area contributed by atoms with Gasteiger partial charge in [-0.25, -0.2) is 0 Å². The lowest BCUT2D eigenvalue weighted by molar-refractivity contribution is -0.140. The minimum atomic E-state index is -0.400. The van der Waals surface area contributed by atoms with Crippen molar-refractivity contribution in [1.82, 2.24) is 15.6 Å². The fraction of sp³-hybridized carbons (Fsp3) is 0.182. The number of nitrogens with zero attached hydrogens (tertiary/aromatic N) is 1. The zero-order valence-corrected chi connectivity index (χ0v) is 16.7. The molecule has 30 heavy (non-hydrogen) atoms. The van der Waals surface area contributed by atoms with Crippen LogP contribution in [0.1, 0.15) is 27.1 Å². The van der Waals surface area contributed by atoms with E-state index >= 15 is 0 Å². The van der Waals surface area contributed by atoms with E-state index < -0.39 is 5.97 Å². The van der Waals surface area contributed by atoms with Crippen LogP contribution in [0.3, 0.4) is 0 Å². The molecule has 3 rings (SSSR count). The van der Waals surface area contributed by atoms with Crippen molar-refractivity contribution in [3.05, 3.63) is 65.9 Å². The average molecular weight is 406 g/mol. The molecule has 0 unspecified atom stereocenters. The number of amides is 2. The standard InChI is InChI=1S/C22H22N4O4/c1-23-22(29)17-13-25-18-9-8-14(21(28)24-11-10-19(27)30-2)12-16(18)20(17)26-15-6-4-3-5-7-15/h3-9,12-13H,10-11H2,1-2H3,(H,23,29)(H,24,28)(H,25,26). The molecule has 154 valence electrons. The highest BCUT2D eigenvalue weighted by molar-refractivity contribution is 6.09. The Bertz CT molecular complexity index is 1080. The molecule has 0 fully saturated rings. The normalized spacial score (nSPS) is 10.3. The largest absolute Gasteiger partial charge is 0.469 e. The quantitative estimate of drug-likeness (QED) is 0.521. The van der Waals surface area contributed by atoms with Gasteiger partial charge in [-0.15, -0.1) is 0 Å². The molecule has 8 nitrogen and oxygen atoms in total. The number of benzene rings is 2. The highest BCUT2D eigenvalue weighted by Gasteiger charge is 2.17. The minimum Gasteiger partial charge on any atom is -0.469 e. The van der Waals surface area contributed by atoms with Crippen LogP contribution in [0.2, 0.25) is 0 Å². The molecule has 2 amide bonds. The highest BCUT2D eigenvalue weighted by Crippen LogP contribution is 2.30. The summed E-state index contributed by atoms with van der Waals surface area (Å²) in [6.07, 6.45) is 1.58. The lowest BCUT2D eigenvalue weighted by atomic mass is 10.0. The summed E-state index contributed by atoms with van der Waals surface area (Å²) >= 11 is 0. The molecular formula is C22H22N4O4. The van der Waals surface area contributed by atoms with Crippen molar-refractivity contribution in [2.45, 2.75) is 6.42 Å². The first-order valence-corrected chi connectivity index (χ1v) is 9.35. The number of para-hydroxylation sites is 1. The van der Waals surface area contributed by atoms with Crippen LogP contribution >= 0.6 is 0 Å². The number of methoxy groups -OCH3 is 1. The average Bonchev–Trinajstić information content (AvgIpc) is 2.78. The van der Waals surface area contributed by atoms with Gasteiger partial charge in [0.25, 0.3) is 11.8 Å². The lowest BCUT2D eigenvalue weighted by Crippen LogP contribution is -2.26. The lowest BCUT2D eigenvalue weighted by Gasteiger charge is -2.15. The molecule has 3 N–H and O–H groups in total. The van der Waals surface area contributed by atoms with Crippen molar-refractivity contribution in [3.8, 4) is 0 Å². The summed E-state index contributed by atoms with van der Waals surface area (Å²) in [4.78, 5) is 40.5. The molecule has 2 aromatic carbocycles. The summed E-state index contributed by atoms with van der Waals surface area (Å²) in [7, 11) is 2.84. The van der Waals surface area contributed by atoms with Crippen molar-refractivity contribution < 1.29 is 19.1 Å². The van der Waals surface area contributed by atoms with Crippen molar-refractivity contribution >= 4 is 40.1 Å². The minimum absolute atomic E-state index is 0.0824. The number of rotatable bonds is 7. The number of aromatic nitrogens is 1. The van der Waals surface area contributed by atoms with Crippen LogP contribution in [0.15, 0.2) is 54.7 Å². The first-order chi connectivity index (χ1) is 14.5. The first kappa shape index (κ1) is 20.8. The van der Waals surface area contributed by atoms with Gasteiger partial charge in [0.1, 0.15) is 0 Å². The van der Waals surface area contributed by atoms with Crippen molar-refractivity contribution in [1.29, 1.82) is 0 Å². The maximum absolute atomic E-state index is 12.5. The fourth-order valence-corrected chi connectivity index (χ4v) is 2.92. The number of carbonyl (C=O) groups excluding carboxylic acids is 3.